The van der Waals surface area contributed by atoms with Crippen molar-refractivity contribution in [3.05, 3.63) is 48.1 Å². The maximum absolute atomic E-state index is 4.47. The van der Waals surface area contributed by atoms with Crippen LogP contribution < -0.4 is 0 Å². The fourth-order valence-corrected chi connectivity index (χ4v) is 2.17. The normalized spacial score (nSPS) is 28.1. The molecule has 1 aromatic rings. The molecule has 0 aromatic carbocycles. The van der Waals surface area contributed by atoms with E-state index >= 15 is 0 Å². The van der Waals surface area contributed by atoms with Crippen LogP contribution in [-0.4, -0.2) is 9.97 Å². The van der Waals surface area contributed by atoms with Crippen LogP contribution in [0.15, 0.2) is 36.7 Å². The van der Waals surface area contributed by atoms with Gasteiger partial charge in [0, 0.05) is 17.8 Å². The minimum atomic E-state index is 0.190. The molecule has 0 N–H and O–H groups in total. The summed E-state index contributed by atoms with van der Waals surface area (Å²) in [7, 11) is 0. The number of fused-ring (bicyclic) bond motifs is 1. The summed E-state index contributed by atoms with van der Waals surface area (Å²) in [5, 5.41) is 0. The van der Waals surface area contributed by atoms with Gasteiger partial charge in [-0.25, -0.2) is 0 Å². The van der Waals surface area contributed by atoms with Gasteiger partial charge < -0.3 is 0 Å². The molecule has 0 saturated heterocycles. The summed E-state index contributed by atoms with van der Waals surface area (Å²) in [4.78, 5) is 8.77. The highest BCUT2D eigenvalue weighted by Crippen LogP contribution is 2.56. The van der Waals surface area contributed by atoms with Crippen molar-refractivity contribution in [3.8, 4) is 0 Å². The van der Waals surface area contributed by atoms with E-state index in [1.54, 1.807) is 0 Å². The molecule has 0 radical (unpaired) electrons. The van der Waals surface area contributed by atoms with Crippen LogP contribution in [0.4, 0.5) is 0 Å². The second kappa shape index (κ2) is 4.82. The third kappa shape index (κ3) is 2.31. The molecule has 2 nitrogen and oxygen atoms in total. The Morgan fingerprint density at radius 1 is 1.24 bits per heavy atom. The second-order valence-corrected chi connectivity index (χ2v) is 4.85. The number of aryl methyl sites for hydroxylation is 1. The van der Waals surface area contributed by atoms with Crippen LogP contribution in [-0.2, 0) is 5.41 Å². The summed E-state index contributed by atoms with van der Waals surface area (Å²) >= 11 is 0. The number of allylic oxidation sites excluding steroid dienone is 4. The lowest BCUT2D eigenvalue weighted by Gasteiger charge is -2.12. The Morgan fingerprint density at radius 3 is 2.59 bits per heavy atom. The Bertz CT molecular complexity index is 431. The van der Waals surface area contributed by atoms with E-state index in [4.69, 9.17) is 0 Å². The lowest BCUT2D eigenvalue weighted by atomic mass is 9.96. The molecule has 90 valence electrons. The minimum absolute atomic E-state index is 0.190. The molecular formula is C15H20N2. The van der Waals surface area contributed by atoms with E-state index in [2.05, 4.69) is 48.1 Å². The van der Waals surface area contributed by atoms with Crippen molar-refractivity contribution in [2.75, 3.05) is 0 Å². The molecule has 0 aliphatic heterocycles. The van der Waals surface area contributed by atoms with Crippen LogP contribution in [0.25, 0.3) is 0 Å². The third-order valence-electron chi connectivity index (χ3n) is 3.17. The largest absolute Gasteiger partial charge is 0.258 e. The topological polar surface area (TPSA) is 25.8 Å². The summed E-state index contributed by atoms with van der Waals surface area (Å²) in [6.45, 7) is 6.22. The fraction of sp³-hybridized carbons (Fsp3) is 0.467. The Kier molecular flexibility index (Phi) is 3.41. The molecule has 3 rings (SSSR count). The van der Waals surface area contributed by atoms with Gasteiger partial charge in [0.05, 0.1) is 11.4 Å². The molecule has 17 heavy (non-hydrogen) atoms. The molecule has 2 atom stereocenters. The van der Waals surface area contributed by atoms with Crippen molar-refractivity contribution in [1.29, 1.82) is 0 Å². The number of hydrogen-bond donors (Lipinski definition) is 0. The molecule has 1 fully saturated rings. The van der Waals surface area contributed by atoms with Gasteiger partial charge in [0.1, 0.15) is 0 Å². The Labute approximate surface area is 104 Å². The third-order valence-corrected chi connectivity index (χ3v) is 3.17. The number of rotatable bonds is 1. The number of hydrogen-bond acceptors (Lipinski definition) is 2. The first-order chi connectivity index (χ1) is 8.23. The van der Waals surface area contributed by atoms with E-state index in [0.717, 1.165) is 11.4 Å². The van der Waals surface area contributed by atoms with E-state index < -0.39 is 0 Å². The molecule has 0 spiro atoms. The van der Waals surface area contributed by atoms with Crippen LogP contribution in [0.5, 0.6) is 0 Å². The van der Waals surface area contributed by atoms with Crippen LogP contribution in [0.1, 0.15) is 38.1 Å². The highest BCUT2D eigenvalue weighted by molar-refractivity contribution is 5.41. The standard InChI is InChI=1S/C12H12N2.C3H8/c1-9-7-14-11(8-13-9)12-5-3-2-4-10(12)6-12;1-3-2/h2-5,7-8,10H,6H2,1H3;3H2,1-2H3. The van der Waals surface area contributed by atoms with Crippen LogP contribution >= 0.6 is 0 Å². The van der Waals surface area contributed by atoms with E-state index in [9.17, 15) is 0 Å². The minimum Gasteiger partial charge on any atom is -0.258 e. The quantitative estimate of drug-likeness (QED) is 0.734. The summed E-state index contributed by atoms with van der Waals surface area (Å²) in [6.07, 6.45) is 15.0. The molecule has 0 amide bonds. The molecule has 2 unspecified atom stereocenters. The molecule has 2 aliphatic rings. The Hall–Kier alpha value is -1.44. The lowest BCUT2D eigenvalue weighted by molar-refractivity contribution is 0.767. The van der Waals surface area contributed by atoms with Crippen LogP contribution in [0.2, 0.25) is 0 Å². The van der Waals surface area contributed by atoms with E-state index in [0.29, 0.717) is 5.92 Å². The molecular weight excluding hydrogens is 208 g/mol. The molecule has 1 heterocycles. The van der Waals surface area contributed by atoms with Crippen molar-refractivity contribution in [2.45, 2.75) is 39.0 Å². The average molecular weight is 228 g/mol. The van der Waals surface area contributed by atoms with Gasteiger partial charge in [-0.2, -0.15) is 0 Å². The van der Waals surface area contributed by atoms with Gasteiger partial charge in [-0.1, -0.05) is 44.6 Å². The maximum Gasteiger partial charge on any atom is 0.0692 e. The van der Waals surface area contributed by atoms with Crippen molar-refractivity contribution >= 4 is 0 Å². The van der Waals surface area contributed by atoms with Crippen molar-refractivity contribution in [1.82, 2.24) is 9.97 Å². The molecule has 2 aliphatic carbocycles. The van der Waals surface area contributed by atoms with Crippen LogP contribution in [0, 0.1) is 12.8 Å². The second-order valence-electron chi connectivity index (χ2n) is 4.85. The predicted octanol–water partition coefficient (Wildman–Crippen LogP) is 3.59. The van der Waals surface area contributed by atoms with Gasteiger partial charge in [-0.15, -0.1) is 0 Å². The summed E-state index contributed by atoms with van der Waals surface area (Å²) in [5.41, 5.74) is 2.29. The number of nitrogens with zero attached hydrogens (tertiary/aromatic N) is 2. The first-order valence-corrected chi connectivity index (χ1v) is 6.38. The number of aromatic nitrogens is 2. The van der Waals surface area contributed by atoms with Gasteiger partial charge in [-0.05, 0) is 19.3 Å². The lowest BCUT2D eigenvalue weighted by Crippen LogP contribution is -2.10. The highest BCUT2D eigenvalue weighted by Gasteiger charge is 2.53. The van der Waals surface area contributed by atoms with E-state index in [1.807, 2.05) is 19.3 Å². The maximum atomic E-state index is 4.47. The summed E-state index contributed by atoms with van der Waals surface area (Å²) in [6, 6.07) is 0. The first kappa shape index (κ1) is 12.0. The average Bonchev–Trinajstić information content (AvgIpc) is 3.06. The summed E-state index contributed by atoms with van der Waals surface area (Å²) in [5.74, 6) is 0.657. The highest BCUT2D eigenvalue weighted by atomic mass is 14.8. The van der Waals surface area contributed by atoms with Crippen LogP contribution in [0.3, 0.4) is 0 Å². The molecule has 1 aromatic heterocycles. The van der Waals surface area contributed by atoms with Gasteiger partial charge in [-0.3, -0.25) is 9.97 Å². The predicted molar refractivity (Wildman–Crippen MR) is 70.8 cm³/mol. The van der Waals surface area contributed by atoms with Gasteiger partial charge in [0.15, 0.2) is 0 Å². The van der Waals surface area contributed by atoms with E-state index in [1.165, 1.54) is 12.8 Å². The smallest absolute Gasteiger partial charge is 0.0692 e. The van der Waals surface area contributed by atoms with Crippen molar-refractivity contribution < 1.29 is 0 Å². The molecule has 2 heteroatoms. The van der Waals surface area contributed by atoms with Gasteiger partial charge in [0.25, 0.3) is 0 Å². The van der Waals surface area contributed by atoms with E-state index in [-0.39, 0.29) is 5.41 Å². The Balaban J connectivity index is 0.000000329. The van der Waals surface area contributed by atoms with Crippen molar-refractivity contribution in [3.63, 3.8) is 0 Å². The molecule has 1 saturated carbocycles. The van der Waals surface area contributed by atoms with Gasteiger partial charge in [0.2, 0.25) is 0 Å². The SMILES string of the molecule is CCC.Cc1cnc(C23C=CC=CC2C3)cn1. The fourth-order valence-electron chi connectivity index (χ4n) is 2.17. The Morgan fingerprint density at radius 2 is 2.00 bits per heavy atom. The first-order valence-electron chi connectivity index (χ1n) is 6.38. The summed E-state index contributed by atoms with van der Waals surface area (Å²) < 4.78 is 0. The molecule has 0 bridgehead atoms. The zero-order valence-electron chi connectivity index (χ0n) is 10.9. The zero-order chi connectivity index (χ0) is 12.3. The van der Waals surface area contributed by atoms with Crippen molar-refractivity contribution in [2.24, 2.45) is 5.92 Å². The monoisotopic (exact) mass is 228 g/mol. The van der Waals surface area contributed by atoms with Gasteiger partial charge >= 0.3 is 0 Å². The zero-order valence-corrected chi connectivity index (χ0v) is 10.9.